The van der Waals surface area contributed by atoms with Gasteiger partial charge < -0.3 is 9.80 Å². The average Bonchev–Trinajstić information content (AvgIpc) is 3.11. The molecule has 186 valence electrons. The van der Waals surface area contributed by atoms with Crippen LogP contribution in [0, 0.1) is 0 Å². The zero-order valence-corrected chi connectivity index (χ0v) is 20.8. The van der Waals surface area contributed by atoms with Gasteiger partial charge in [-0.05, 0) is 61.9 Å². The monoisotopic (exact) mass is 482 g/mol. The highest BCUT2D eigenvalue weighted by atomic mass is 16.2. The van der Waals surface area contributed by atoms with E-state index in [0.717, 1.165) is 44.6 Å². The highest BCUT2D eigenvalue weighted by molar-refractivity contribution is 6.07. The van der Waals surface area contributed by atoms with E-state index in [2.05, 4.69) is 46.3 Å². The van der Waals surface area contributed by atoms with Gasteiger partial charge in [-0.25, -0.2) is 4.79 Å². The van der Waals surface area contributed by atoms with Gasteiger partial charge in [0.25, 0.3) is 5.91 Å². The quantitative estimate of drug-likeness (QED) is 0.420. The number of carbonyl (C=O) groups excluding carboxylic acids is 2. The van der Waals surface area contributed by atoms with E-state index in [1.54, 1.807) is 6.20 Å². The topological polar surface area (TPSA) is 56.8 Å². The van der Waals surface area contributed by atoms with Crippen molar-refractivity contribution in [3.63, 3.8) is 0 Å². The highest BCUT2D eigenvalue weighted by Crippen LogP contribution is 2.38. The lowest BCUT2D eigenvalue weighted by Crippen LogP contribution is -2.57. The maximum absolute atomic E-state index is 13.8. The molecule has 0 unspecified atom stereocenters. The number of amides is 3. The lowest BCUT2D eigenvalue weighted by atomic mass is 9.85. The number of imide groups is 1. The van der Waals surface area contributed by atoms with Crippen LogP contribution in [0.1, 0.15) is 36.1 Å². The van der Waals surface area contributed by atoms with Crippen molar-refractivity contribution < 1.29 is 9.59 Å². The molecule has 2 saturated heterocycles. The number of hydrogen-bond donors (Lipinski definition) is 0. The maximum atomic E-state index is 13.8. The molecule has 1 aromatic heterocycles. The number of benzene rings is 2. The maximum Gasteiger partial charge on any atom is 0.328 e. The summed E-state index contributed by atoms with van der Waals surface area (Å²) >= 11 is 0. The number of pyridine rings is 1. The van der Waals surface area contributed by atoms with Gasteiger partial charge in [-0.15, -0.1) is 0 Å². The molecule has 2 aliphatic rings. The van der Waals surface area contributed by atoms with Crippen molar-refractivity contribution in [3.05, 3.63) is 102 Å². The second-order valence-corrected chi connectivity index (χ2v) is 9.84. The van der Waals surface area contributed by atoms with Crippen molar-refractivity contribution in [2.75, 3.05) is 26.2 Å². The Bertz CT molecular complexity index is 1150. The van der Waals surface area contributed by atoms with Crippen LogP contribution in [-0.4, -0.2) is 63.3 Å². The van der Waals surface area contributed by atoms with Crippen LogP contribution in [0.2, 0.25) is 0 Å². The first-order valence-electron chi connectivity index (χ1n) is 13.0. The fourth-order valence-corrected chi connectivity index (χ4v) is 5.55. The van der Waals surface area contributed by atoms with Crippen LogP contribution in [0.4, 0.5) is 4.79 Å². The summed E-state index contributed by atoms with van der Waals surface area (Å²) in [5.74, 6) is -0.0600. The Morgan fingerprint density at radius 2 is 1.39 bits per heavy atom. The molecule has 2 fully saturated rings. The summed E-state index contributed by atoms with van der Waals surface area (Å²) in [4.78, 5) is 37.6. The zero-order valence-electron chi connectivity index (χ0n) is 20.8. The van der Waals surface area contributed by atoms with Gasteiger partial charge in [0, 0.05) is 25.8 Å². The molecule has 5 rings (SSSR count). The number of urea groups is 1. The molecule has 0 radical (unpaired) electrons. The Balaban J connectivity index is 1.27. The van der Waals surface area contributed by atoms with E-state index in [0.29, 0.717) is 19.4 Å². The van der Waals surface area contributed by atoms with Crippen LogP contribution < -0.4 is 0 Å². The normalized spacial score (nSPS) is 17.8. The van der Waals surface area contributed by atoms with Crippen molar-refractivity contribution in [2.24, 2.45) is 0 Å². The minimum absolute atomic E-state index is 0.0600. The van der Waals surface area contributed by atoms with E-state index in [4.69, 9.17) is 0 Å². The van der Waals surface area contributed by atoms with Crippen LogP contribution in [0.5, 0.6) is 0 Å². The molecule has 2 aromatic carbocycles. The van der Waals surface area contributed by atoms with E-state index in [-0.39, 0.29) is 18.5 Å². The summed E-state index contributed by atoms with van der Waals surface area (Å²) in [5, 5.41) is 0. The van der Waals surface area contributed by atoms with E-state index >= 15 is 0 Å². The molecule has 0 saturated carbocycles. The fraction of sp³-hybridized carbons (Fsp3) is 0.367. The minimum atomic E-state index is -0.753. The number of hydrogen-bond acceptors (Lipinski definition) is 4. The second kappa shape index (κ2) is 11.0. The summed E-state index contributed by atoms with van der Waals surface area (Å²) in [6.45, 7) is 3.43. The van der Waals surface area contributed by atoms with E-state index in [1.165, 1.54) is 16.0 Å². The van der Waals surface area contributed by atoms with Gasteiger partial charge in [0.05, 0.1) is 12.2 Å². The van der Waals surface area contributed by atoms with Gasteiger partial charge >= 0.3 is 6.03 Å². The lowest BCUT2D eigenvalue weighted by molar-refractivity contribution is -0.136. The van der Waals surface area contributed by atoms with Gasteiger partial charge in [0.2, 0.25) is 0 Å². The molecule has 2 aliphatic heterocycles. The summed E-state index contributed by atoms with van der Waals surface area (Å²) in [5.41, 5.74) is 2.52. The van der Waals surface area contributed by atoms with Crippen LogP contribution in [-0.2, 0) is 24.2 Å². The predicted molar refractivity (Wildman–Crippen MR) is 140 cm³/mol. The second-order valence-electron chi connectivity index (χ2n) is 9.84. The Labute approximate surface area is 213 Å². The molecule has 6 nitrogen and oxygen atoms in total. The molecular formula is C30H34N4O2. The lowest BCUT2D eigenvalue weighted by Gasteiger charge is -2.42. The highest BCUT2D eigenvalue weighted by Gasteiger charge is 2.57. The largest absolute Gasteiger partial charge is 0.328 e. The summed E-state index contributed by atoms with van der Waals surface area (Å²) in [7, 11) is 0. The average molecular weight is 483 g/mol. The smallest absolute Gasteiger partial charge is 0.309 e. The first-order valence-corrected chi connectivity index (χ1v) is 13.0. The Hall–Kier alpha value is -3.51. The Morgan fingerprint density at radius 1 is 0.750 bits per heavy atom. The van der Waals surface area contributed by atoms with Gasteiger partial charge in [-0.3, -0.25) is 14.7 Å². The molecule has 0 bridgehead atoms. The molecule has 0 atom stereocenters. The predicted octanol–water partition coefficient (Wildman–Crippen LogP) is 4.56. The van der Waals surface area contributed by atoms with Crippen molar-refractivity contribution in [1.82, 2.24) is 19.7 Å². The Morgan fingerprint density at radius 3 is 2.03 bits per heavy atom. The van der Waals surface area contributed by atoms with Crippen LogP contribution in [0.15, 0.2) is 85.1 Å². The molecule has 6 heteroatoms. The first-order chi connectivity index (χ1) is 17.7. The van der Waals surface area contributed by atoms with Gasteiger partial charge in [0.15, 0.2) is 0 Å². The number of likely N-dealkylation sites (tertiary alicyclic amines) is 1. The first kappa shape index (κ1) is 24.2. The van der Waals surface area contributed by atoms with E-state index in [1.807, 2.05) is 47.4 Å². The SMILES string of the molecule is O=C1N(Cc2ccccn2)C(=O)C2(CCN(CCCc3ccccc3)CC2)N1CCc1ccccc1. The van der Waals surface area contributed by atoms with Gasteiger partial charge in [-0.2, -0.15) is 0 Å². The van der Waals surface area contributed by atoms with Gasteiger partial charge in [-0.1, -0.05) is 66.7 Å². The van der Waals surface area contributed by atoms with Crippen molar-refractivity contribution in [2.45, 2.75) is 44.2 Å². The van der Waals surface area contributed by atoms with Gasteiger partial charge in [0.1, 0.15) is 5.54 Å². The molecule has 1 spiro atoms. The molecule has 36 heavy (non-hydrogen) atoms. The van der Waals surface area contributed by atoms with Crippen LogP contribution in [0.25, 0.3) is 0 Å². The van der Waals surface area contributed by atoms with E-state index < -0.39 is 5.54 Å². The number of carbonyl (C=O) groups is 2. The molecule has 0 aliphatic carbocycles. The zero-order chi connectivity index (χ0) is 24.8. The van der Waals surface area contributed by atoms with Crippen molar-refractivity contribution >= 4 is 11.9 Å². The number of nitrogens with zero attached hydrogens (tertiary/aromatic N) is 4. The molecule has 3 amide bonds. The van der Waals surface area contributed by atoms with Crippen molar-refractivity contribution in [3.8, 4) is 0 Å². The third-order valence-electron chi connectivity index (χ3n) is 7.60. The molecular weight excluding hydrogens is 448 g/mol. The fourth-order valence-electron chi connectivity index (χ4n) is 5.55. The third-order valence-corrected chi connectivity index (χ3v) is 7.60. The number of aryl methyl sites for hydroxylation is 1. The number of piperidine rings is 1. The van der Waals surface area contributed by atoms with Crippen LogP contribution in [0.3, 0.4) is 0 Å². The summed E-state index contributed by atoms with van der Waals surface area (Å²) in [6.07, 6.45) is 5.94. The number of rotatable bonds is 9. The number of aromatic nitrogens is 1. The molecule has 3 heterocycles. The molecule has 0 N–H and O–H groups in total. The summed E-state index contributed by atoms with van der Waals surface area (Å²) in [6, 6.07) is 26.2. The third kappa shape index (κ3) is 5.19. The van der Waals surface area contributed by atoms with Crippen LogP contribution >= 0.6 is 0 Å². The Kier molecular flexibility index (Phi) is 7.42. The van der Waals surface area contributed by atoms with Crippen molar-refractivity contribution in [1.29, 1.82) is 0 Å². The standard InChI is InChI=1S/C30H34N4O2/c35-28-30(17-22-32(23-18-30)20-9-14-25-10-3-1-4-11-25)34(21-16-26-12-5-2-6-13-26)29(36)33(28)24-27-15-7-8-19-31-27/h1-8,10-13,15,19H,9,14,16-18,20-24H2. The molecule has 3 aromatic rings. The summed E-state index contributed by atoms with van der Waals surface area (Å²) < 4.78 is 0. The minimum Gasteiger partial charge on any atom is -0.309 e. The van der Waals surface area contributed by atoms with E-state index in [9.17, 15) is 9.59 Å².